The van der Waals surface area contributed by atoms with Gasteiger partial charge in [0.1, 0.15) is 6.04 Å². The quantitative estimate of drug-likeness (QED) is 0.420. The fourth-order valence-corrected chi connectivity index (χ4v) is 2.87. The average molecular weight is 393 g/mol. The van der Waals surface area contributed by atoms with Gasteiger partial charge in [0.05, 0.1) is 16.8 Å². The van der Waals surface area contributed by atoms with Crippen LogP contribution in [-0.2, 0) is 11.2 Å². The lowest BCUT2D eigenvalue weighted by molar-refractivity contribution is -0.385. The van der Waals surface area contributed by atoms with E-state index in [1.54, 1.807) is 43.3 Å². The molecule has 148 valence electrons. The largest absolute Gasteiger partial charge is 0.336 e. The van der Waals surface area contributed by atoms with E-state index in [9.17, 15) is 19.7 Å². The van der Waals surface area contributed by atoms with Gasteiger partial charge in [0, 0.05) is 23.4 Å². The van der Waals surface area contributed by atoms with Crippen molar-refractivity contribution in [1.29, 1.82) is 0 Å². The molecule has 1 atom stereocenters. The third kappa shape index (κ3) is 4.64. The summed E-state index contributed by atoms with van der Waals surface area (Å²) in [5, 5.41) is 23.0. The third-order valence-electron chi connectivity index (χ3n) is 4.36. The maximum absolute atomic E-state index is 12.8. The lowest BCUT2D eigenvalue weighted by Gasteiger charge is -2.18. The van der Waals surface area contributed by atoms with Crippen molar-refractivity contribution >= 4 is 23.2 Å². The second-order valence-corrected chi connectivity index (χ2v) is 6.25. The zero-order valence-electron chi connectivity index (χ0n) is 15.6. The molecule has 2 amide bonds. The summed E-state index contributed by atoms with van der Waals surface area (Å²) in [7, 11) is 0. The number of nitrogens with one attached hydrogen (secondary N) is 3. The number of hydrogen-bond acceptors (Lipinski definition) is 5. The number of nitrogens with zero attached hydrogens (tertiary/aromatic N) is 2. The van der Waals surface area contributed by atoms with E-state index in [1.807, 2.05) is 0 Å². The molecule has 0 radical (unpaired) electrons. The molecule has 3 aromatic rings. The van der Waals surface area contributed by atoms with Crippen LogP contribution >= 0.6 is 0 Å². The molecule has 0 bridgehead atoms. The number of amides is 2. The average Bonchev–Trinajstić information content (AvgIpc) is 3.24. The van der Waals surface area contributed by atoms with E-state index < -0.39 is 22.8 Å². The Bertz CT molecular complexity index is 1020. The summed E-state index contributed by atoms with van der Waals surface area (Å²) >= 11 is 0. The lowest BCUT2D eigenvalue weighted by atomic mass is 10.0. The molecule has 3 N–H and O–H groups in total. The summed E-state index contributed by atoms with van der Waals surface area (Å²) in [6, 6.07) is 12.0. The van der Waals surface area contributed by atoms with E-state index >= 15 is 0 Å². The van der Waals surface area contributed by atoms with E-state index in [-0.39, 0.29) is 11.3 Å². The Balaban J connectivity index is 1.87. The molecule has 0 fully saturated rings. The number of aromatic nitrogens is 2. The minimum Gasteiger partial charge on any atom is -0.336 e. The second kappa shape index (κ2) is 8.79. The Labute approximate surface area is 166 Å². The number of H-pyrrole nitrogens is 1. The minimum absolute atomic E-state index is 0.103. The molecule has 29 heavy (non-hydrogen) atoms. The number of carbonyl (C=O) groups excluding carboxylic acids is 2. The van der Waals surface area contributed by atoms with Crippen molar-refractivity contribution in [3.63, 3.8) is 0 Å². The molecule has 0 spiro atoms. The molecule has 0 aliphatic heterocycles. The standard InChI is InChI=1S/C20H19N5O4/c1-2-13-8-9-15(10-17(13)25(28)29)19(26)24-18(14-6-4-3-5-7-14)20(27)23-16-11-21-22-12-16/h3-12,18H,2H2,1H3,(H,21,22)(H,23,27)(H,24,26). The fourth-order valence-electron chi connectivity index (χ4n) is 2.87. The number of rotatable bonds is 7. The van der Waals surface area contributed by atoms with Crippen molar-refractivity contribution in [2.45, 2.75) is 19.4 Å². The van der Waals surface area contributed by atoms with E-state index in [0.717, 1.165) is 0 Å². The lowest BCUT2D eigenvalue weighted by Crippen LogP contribution is -2.37. The maximum atomic E-state index is 12.8. The molecule has 9 heteroatoms. The number of nitro benzene ring substituents is 1. The smallest absolute Gasteiger partial charge is 0.273 e. The Hall–Kier alpha value is -4.01. The van der Waals surface area contributed by atoms with Crippen LogP contribution in [0.1, 0.15) is 34.5 Å². The predicted molar refractivity (Wildman–Crippen MR) is 106 cm³/mol. The van der Waals surface area contributed by atoms with Gasteiger partial charge in [-0.15, -0.1) is 0 Å². The molecular weight excluding hydrogens is 374 g/mol. The van der Waals surface area contributed by atoms with Crippen LogP contribution in [0.25, 0.3) is 0 Å². The number of carbonyl (C=O) groups is 2. The molecule has 0 aliphatic rings. The highest BCUT2D eigenvalue weighted by atomic mass is 16.6. The summed E-state index contributed by atoms with van der Waals surface area (Å²) in [5.41, 5.74) is 1.53. The van der Waals surface area contributed by atoms with Gasteiger partial charge in [-0.1, -0.05) is 43.3 Å². The van der Waals surface area contributed by atoms with Crippen LogP contribution in [0.3, 0.4) is 0 Å². The number of anilines is 1. The van der Waals surface area contributed by atoms with Crippen molar-refractivity contribution in [3.05, 3.63) is 87.7 Å². The zero-order chi connectivity index (χ0) is 20.8. The molecule has 0 aliphatic carbocycles. The molecule has 0 saturated heterocycles. The summed E-state index contributed by atoms with van der Waals surface area (Å²) < 4.78 is 0. The zero-order valence-corrected chi connectivity index (χ0v) is 15.6. The monoisotopic (exact) mass is 393 g/mol. The molecule has 2 aromatic carbocycles. The highest BCUT2D eigenvalue weighted by molar-refractivity contribution is 6.01. The van der Waals surface area contributed by atoms with Crippen molar-refractivity contribution in [1.82, 2.24) is 15.5 Å². The molecule has 0 saturated carbocycles. The van der Waals surface area contributed by atoms with E-state index in [0.29, 0.717) is 23.2 Å². The van der Waals surface area contributed by atoms with Gasteiger partial charge in [0.15, 0.2) is 0 Å². The van der Waals surface area contributed by atoms with Crippen LogP contribution in [0.15, 0.2) is 60.9 Å². The second-order valence-electron chi connectivity index (χ2n) is 6.25. The third-order valence-corrected chi connectivity index (χ3v) is 4.36. The first-order chi connectivity index (χ1) is 14.0. The van der Waals surface area contributed by atoms with Crippen LogP contribution in [0.2, 0.25) is 0 Å². The Kier molecular flexibility index (Phi) is 5.98. The first kappa shape index (κ1) is 19.7. The molecular formula is C20H19N5O4. The van der Waals surface area contributed by atoms with Gasteiger partial charge in [0.25, 0.3) is 17.5 Å². The van der Waals surface area contributed by atoms with Gasteiger partial charge in [0.2, 0.25) is 0 Å². The molecule has 3 rings (SSSR count). The predicted octanol–water partition coefficient (Wildman–Crippen LogP) is 2.99. The Morgan fingerprint density at radius 1 is 1.21 bits per heavy atom. The maximum Gasteiger partial charge on any atom is 0.273 e. The van der Waals surface area contributed by atoms with Crippen molar-refractivity contribution < 1.29 is 14.5 Å². The van der Waals surface area contributed by atoms with Gasteiger partial charge >= 0.3 is 0 Å². The van der Waals surface area contributed by atoms with Gasteiger partial charge in [-0.2, -0.15) is 5.10 Å². The first-order valence-electron chi connectivity index (χ1n) is 8.92. The number of benzene rings is 2. The van der Waals surface area contributed by atoms with Gasteiger partial charge in [-0.25, -0.2) is 0 Å². The SMILES string of the molecule is CCc1ccc(C(=O)NC(C(=O)Nc2cn[nH]c2)c2ccccc2)cc1[N+](=O)[O-]. The summed E-state index contributed by atoms with van der Waals surface area (Å²) in [5.74, 6) is -1.06. The number of nitro groups is 1. The summed E-state index contributed by atoms with van der Waals surface area (Å²) in [6.45, 7) is 1.80. The van der Waals surface area contributed by atoms with Crippen LogP contribution < -0.4 is 10.6 Å². The number of aryl methyl sites for hydroxylation is 1. The molecule has 1 heterocycles. The Morgan fingerprint density at radius 2 is 1.97 bits per heavy atom. The van der Waals surface area contributed by atoms with Gasteiger partial charge in [-0.05, 0) is 18.1 Å². The number of hydrogen-bond donors (Lipinski definition) is 3. The van der Waals surface area contributed by atoms with E-state index in [2.05, 4.69) is 20.8 Å². The molecule has 1 aromatic heterocycles. The number of aromatic amines is 1. The van der Waals surface area contributed by atoms with Crippen molar-refractivity contribution in [3.8, 4) is 0 Å². The molecule has 1 unspecified atom stereocenters. The fraction of sp³-hybridized carbons (Fsp3) is 0.150. The highest BCUT2D eigenvalue weighted by Gasteiger charge is 2.25. The van der Waals surface area contributed by atoms with Crippen LogP contribution in [-0.4, -0.2) is 26.9 Å². The normalized spacial score (nSPS) is 11.5. The highest BCUT2D eigenvalue weighted by Crippen LogP contribution is 2.22. The van der Waals surface area contributed by atoms with Crippen LogP contribution in [0.4, 0.5) is 11.4 Å². The van der Waals surface area contributed by atoms with Gasteiger partial charge in [-0.3, -0.25) is 24.8 Å². The minimum atomic E-state index is -0.997. The molecule has 9 nitrogen and oxygen atoms in total. The van der Waals surface area contributed by atoms with Crippen molar-refractivity contribution in [2.24, 2.45) is 0 Å². The van der Waals surface area contributed by atoms with Crippen LogP contribution in [0.5, 0.6) is 0 Å². The Morgan fingerprint density at radius 3 is 2.59 bits per heavy atom. The summed E-state index contributed by atoms with van der Waals surface area (Å²) in [4.78, 5) is 36.3. The first-order valence-corrected chi connectivity index (χ1v) is 8.92. The summed E-state index contributed by atoms with van der Waals surface area (Å²) in [6.07, 6.45) is 3.42. The van der Waals surface area contributed by atoms with Crippen LogP contribution in [0, 0.1) is 10.1 Å². The van der Waals surface area contributed by atoms with Gasteiger partial charge < -0.3 is 10.6 Å². The van der Waals surface area contributed by atoms with Crippen molar-refractivity contribution in [2.75, 3.05) is 5.32 Å². The van der Waals surface area contributed by atoms with E-state index in [1.165, 1.54) is 24.5 Å². The topological polar surface area (TPSA) is 130 Å². The van der Waals surface area contributed by atoms with E-state index in [4.69, 9.17) is 0 Å².